The van der Waals surface area contributed by atoms with Crippen LogP contribution in [0.25, 0.3) is 20.4 Å². The minimum absolute atomic E-state index is 0.482. The van der Waals surface area contributed by atoms with Crippen molar-refractivity contribution in [2.24, 2.45) is 0 Å². The average Bonchev–Trinajstić information content (AvgIpc) is 3.23. The number of hydrogen-bond donors (Lipinski definition) is 1. The van der Waals surface area contributed by atoms with Gasteiger partial charge in [-0.15, -0.1) is 11.3 Å². The third-order valence-corrected chi connectivity index (χ3v) is 7.79. The number of nitrogens with one attached hydrogen (secondary N) is 1. The Morgan fingerprint density at radius 2 is 1.69 bits per heavy atom. The number of morpholine rings is 1. The second-order valence-corrected chi connectivity index (χ2v) is 9.66. The van der Waals surface area contributed by atoms with E-state index in [0.717, 1.165) is 86.2 Å². The van der Waals surface area contributed by atoms with E-state index in [9.17, 15) is 0 Å². The van der Waals surface area contributed by atoms with E-state index in [1.54, 1.807) is 11.3 Å². The van der Waals surface area contributed by atoms with Crippen LogP contribution in [-0.4, -0.2) is 74.0 Å². The lowest BCUT2D eigenvalue weighted by Gasteiger charge is -2.31. The number of pyridine rings is 1. The minimum atomic E-state index is 0.482. The van der Waals surface area contributed by atoms with E-state index < -0.39 is 0 Å². The van der Waals surface area contributed by atoms with Crippen LogP contribution in [-0.2, 0) is 17.6 Å². The molecule has 0 bridgehead atoms. The van der Waals surface area contributed by atoms with Crippen molar-refractivity contribution in [2.45, 2.75) is 32.6 Å². The van der Waals surface area contributed by atoms with Crippen molar-refractivity contribution in [3.05, 3.63) is 11.1 Å². The molecule has 2 fully saturated rings. The van der Waals surface area contributed by atoms with Gasteiger partial charge in [0.15, 0.2) is 5.82 Å². The fraction of sp³-hybridized carbons (Fsp3) is 0.609. The molecule has 3 aromatic heterocycles. The number of hydrogen-bond acceptors (Lipinski definition) is 9. The van der Waals surface area contributed by atoms with Crippen LogP contribution in [0.4, 0.5) is 11.6 Å². The van der Waals surface area contributed by atoms with Gasteiger partial charge in [0.05, 0.1) is 24.5 Å². The fourth-order valence-electron chi connectivity index (χ4n) is 5.19. The molecule has 2 aliphatic heterocycles. The molecular weight excluding hydrogens is 424 g/mol. The molecule has 0 aromatic carbocycles. The number of aromatic nitrogens is 3. The van der Waals surface area contributed by atoms with Gasteiger partial charge >= 0.3 is 6.01 Å². The molecule has 0 spiro atoms. The van der Waals surface area contributed by atoms with Crippen LogP contribution >= 0.6 is 11.3 Å². The molecule has 8 nitrogen and oxygen atoms in total. The first kappa shape index (κ1) is 20.4. The van der Waals surface area contributed by atoms with Crippen molar-refractivity contribution in [1.82, 2.24) is 20.3 Å². The maximum absolute atomic E-state index is 5.82. The highest BCUT2D eigenvalue weighted by Crippen LogP contribution is 2.44. The number of thiophene rings is 1. The van der Waals surface area contributed by atoms with Crippen molar-refractivity contribution in [3.8, 4) is 6.01 Å². The molecule has 5 heterocycles. The summed E-state index contributed by atoms with van der Waals surface area (Å²) in [5.41, 5.74) is 3.89. The van der Waals surface area contributed by atoms with Crippen LogP contribution in [0.5, 0.6) is 6.01 Å². The number of aryl methyl sites for hydroxylation is 1. The van der Waals surface area contributed by atoms with Gasteiger partial charge in [0.2, 0.25) is 0 Å². The predicted molar refractivity (Wildman–Crippen MR) is 129 cm³/mol. The molecule has 3 aliphatic rings. The SMILES string of the molecule is CCOc1nc(N2CCNCC2)c2sc3nc(N4CCOCC4)c4c(c3c2n1)CCCC4. The van der Waals surface area contributed by atoms with Crippen LogP contribution in [0.15, 0.2) is 0 Å². The van der Waals surface area contributed by atoms with Gasteiger partial charge in [0, 0.05) is 44.7 Å². The molecule has 3 aromatic rings. The lowest BCUT2D eigenvalue weighted by Crippen LogP contribution is -2.44. The maximum Gasteiger partial charge on any atom is 0.319 e. The summed E-state index contributed by atoms with van der Waals surface area (Å²) < 4.78 is 12.6. The van der Waals surface area contributed by atoms with Gasteiger partial charge in [-0.2, -0.15) is 9.97 Å². The van der Waals surface area contributed by atoms with E-state index in [1.165, 1.54) is 35.2 Å². The number of piperazine rings is 1. The molecule has 1 N–H and O–H groups in total. The standard InChI is InChI=1S/C23H30N6O2S/c1-2-31-23-25-18-17-15-5-3-4-6-16(15)20(29-11-13-30-14-12-29)26-22(17)32-19(18)21(27-23)28-9-7-24-8-10-28/h24H,2-14H2,1H3. The van der Waals surface area contributed by atoms with E-state index in [2.05, 4.69) is 15.1 Å². The fourth-order valence-corrected chi connectivity index (χ4v) is 6.35. The second kappa shape index (κ2) is 8.61. The lowest BCUT2D eigenvalue weighted by molar-refractivity contribution is 0.122. The van der Waals surface area contributed by atoms with Crippen LogP contribution in [0.2, 0.25) is 0 Å². The van der Waals surface area contributed by atoms with Crippen molar-refractivity contribution in [3.63, 3.8) is 0 Å². The van der Waals surface area contributed by atoms with Gasteiger partial charge in [0.25, 0.3) is 0 Å². The molecule has 0 unspecified atom stereocenters. The van der Waals surface area contributed by atoms with Crippen LogP contribution in [0.1, 0.15) is 30.9 Å². The zero-order valence-electron chi connectivity index (χ0n) is 18.7. The smallest absolute Gasteiger partial charge is 0.319 e. The van der Waals surface area contributed by atoms with E-state index >= 15 is 0 Å². The van der Waals surface area contributed by atoms with Gasteiger partial charge in [0.1, 0.15) is 16.2 Å². The minimum Gasteiger partial charge on any atom is -0.464 e. The molecule has 0 amide bonds. The zero-order chi connectivity index (χ0) is 21.5. The summed E-state index contributed by atoms with van der Waals surface area (Å²) in [6, 6.07) is 0.482. The summed E-state index contributed by atoms with van der Waals surface area (Å²) in [5.74, 6) is 2.17. The molecule has 9 heteroatoms. The van der Waals surface area contributed by atoms with Gasteiger partial charge in [-0.3, -0.25) is 0 Å². The number of ether oxygens (including phenoxy) is 2. The summed E-state index contributed by atoms with van der Waals surface area (Å²) in [7, 11) is 0. The molecule has 0 radical (unpaired) electrons. The predicted octanol–water partition coefficient (Wildman–Crippen LogP) is 2.76. The van der Waals surface area contributed by atoms with Gasteiger partial charge in [-0.05, 0) is 43.7 Å². The Kier molecular flexibility index (Phi) is 5.48. The van der Waals surface area contributed by atoms with Gasteiger partial charge in [-0.25, -0.2) is 4.98 Å². The Morgan fingerprint density at radius 3 is 2.47 bits per heavy atom. The van der Waals surface area contributed by atoms with Gasteiger partial charge in [-0.1, -0.05) is 0 Å². The summed E-state index contributed by atoms with van der Waals surface area (Å²) in [6.45, 7) is 9.74. The van der Waals surface area contributed by atoms with Crippen molar-refractivity contribution >= 4 is 43.4 Å². The number of nitrogens with zero attached hydrogens (tertiary/aromatic N) is 5. The monoisotopic (exact) mass is 454 g/mol. The highest BCUT2D eigenvalue weighted by atomic mass is 32.1. The van der Waals surface area contributed by atoms with Gasteiger partial charge < -0.3 is 24.6 Å². The Hall–Kier alpha value is -2.23. The number of fused-ring (bicyclic) bond motifs is 5. The summed E-state index contributed by atoms with van der Waals surface area (Å²) >= 11 is 1.75. The Labute approximate surface area is 191 Å². The van der Waals surface area contributed by atoms with Crippen LogP contribution in [0.3, 0.4) is 0 Å². The van der Waals surface area contributed by atoms with E-state index in [1.807, 2.05) is 6.92 Å². The highest BCUT2D eigenvalue weighted by molar-refractivity contribution is 7.26. The zero-order valence-corrected chi connectivity index (χ0v) is 19.5. The second-order valence-electron chi connectivity index (χ2n) is 8.66. The molecule has 1 aliphatic carbocycles. The molecule has 32 heavy (non-hydrogen) atoms. The number of anilines is 2. The molecule has 6 rings (SSSR count). The molecule has 2 saturated heterocycles. The Morgan fingerprint density at radius 1 is 0.938 bits per heavy atom. The third kappa shape index (κ3) is 3.47. The lowest BCUT2D eigenvalue weighted by atomic mass is 9.90. The van der Waals surface area contributed by atoms with Crippen LogP contribution in [0, 0.1) is 0 Å². The van der Waals surface area contributed by atoms with Crippen molar-refractivity contribution < 1.29 is 9.47 Å². The van der Waals surface area contributed by atoms with E-state index in [-0.39, 0.29) is 0 Å². The normalized spacial score (nSPS) is 19.5. The van der Waals surface area contributed by atoms with E-state index in [0.29, 0.717) is 12.6 Å². The Bertz CT molecular complexity index is 1140. The summed E-state index contributed by atoms with van der Waals surface area (Å²) in [5, 5.41) is 4.68. The van der Waals surface area contributed by atoms with Crippen molar-refractivity contribution in [2.75, 3.05) is 68.9 Å². The average molecular weight is 455 g/mol. The molecule has 0 atom stereocenters. The quantitative estimate of drug-likeness (QED) is 0.645. The molecular formula is C23H30N6O2S. The van der Waals surface area contributed by atoms with Crippen molar-refractivity contribution in [1.29, 1.82) is 0 Å². The Balaban J connectivity index is 1.59. The largest absolute Gasteiger partial charge is 0.464 e. The van der Waals surface area contributed by atoms with E-state index in [4.69, 9.17) is 24.4 Å². The summed E-state index contributed by atoms with van der Waals surface area (Å²) in [6.07, 6.45) is 4.63. The first-order chi connectivity index (χ1) is 15.8. The first-order valence-electron chi connectivity index (χ1n) is 11.9. The topological polar surface area (TPSA) is 75.6 Å². The molecule has 170 valence electrons. The summed E-state index contributed by atoms with van der Waals surface area (Å²) in [4.78, 5) is 20.9. The third-order valence-electron chi connectivity index (χ3n) is 6.72. The highest BCUT2D eigenvalue weighted by Gasteiger charge is 2.28. The first-order valence-corrected chi connectivity index (χ1v) is 12.7. The van der Waals surface area contributed by atoms with Crippen LogP contribution < -0.4 is 19.9 Å². The number of rotatable bonds is 4. The maximum atomic E-state index is 5.82. The molecule has 0 saturated carbocycles.